The van der Waals surface area contributed by atoms with E-state index < -0.39 is 11.7 Å². The molecule has 4 rings (SSSR count). The second kappa shape index (κ2) is 8.23. The lowest BCUT2D eigenvalue weighted by Gasteiger charge is -2.35. The zero-order valence-corrected chi connectivity index (χ0v) is 17.2. The summed E-state index contributed by atoms with van der Waals surface area (Å²) < 4.78 is 39.8. The highest BCUT2D eigenvalue weighted by molar-refractivity contribution is 7.22. The van der Waals surface area contributed by atoms with Crippen LogP contribution in [0.1, 0.15) is 11.1 Å². The number of amides is 1. The Balaban J connectivity index is 1.31. The van der Waals surface area contributed by atoms with Gasteiger partial charge >= 0.3 is 6.18 Å². The Morgan fingerprint density at radius 3 is 2.63 bits per heavy atom. The summed E-state index contributed by atoms with van der Waals surface area (Å²) in [6, 6.07) is 11.3. The molecule has 1 aliphatic rings. The van der Waals surface area contributed by atoms with Gasteiger partial charge in [0.25, 0.3) is 0 Å². The SMILES string of the molecule is Cc1ccc2nc(NC(=O)CN3CCN(c4cccc(C(F)(F)F)c4)CC3)sc2c1. The number of alkyl halides is 3. The summed E-state index contributed by atoms with van der Waals surface area (Å²) in [6.07, 6.45) is -4.35. The summed E-state index contributed by atoms with van der Waals surface area (Å²) in [6.45, 7) is 4.57. The number of rotatable bonds is 4. The molecule has 0 radical (unpaired) electrons. The van der Waals surface area contributed by atoms with Crippen molar-refractivity contribution in [3.05, 3.63) is 53.6 Å². The molecule has 2 aromatic carbocycles. The van der Waals surface area contributed by atoms with Gasteiger partial charge in [0.2, 0.25) is 5.91 Å². The number of hydrogen-bond acceptors (Lipinski definition) is 5. The van der Waals surface area contributed by atoms with Gasteiger partial charge in [-0.1, -0.05) is 23.5 Å². The summed E-state index contributed by atoms with van der Waals surface area (Å²) in [5.41, 5.74) is 1.91. The molecular weight excluding hydrogens is 413 g/mol. The van der Waals surface area contributed by atoms with Gasteiger partial charge in [-0.05, 0) is 42.8 Å². The van der Waals surface area contributed by atoms with Gasteiger partial charge in [-0.25, -0.2) is 4.98 Å². The number of hydrogen-bond donors (Lipinski definition) is 1. The Bertz CT molecular complexity index is 1060. The van der Waals surface area contributed by atoms with Gasteiger partial charge in [-0.2, -0.15) is 13.2 Å². The Hall–Kier alpha value is -2.65. The van der Waals surface area contributed by atoms with Crippen molar-refractivity contribution in [1.29, 1.82) is 0 Å². The second-order valence-electron chi connectivity index (χ2n) is 7.35. The zero-order chi connectivity index (χ0) is 21.3. The topological polar surface area (TPSA) is 48.5 Å². The van der Waals surface area contributed by atoms with Crippen molar-refractivity contribution in [1.82, 2.24) is 9.88 Å². The van der Waals surface area contributed by atoms with Crippen molar-refractivity contribution in [3.8, 4) is 0 Å². The molecule has 1 amide bonds. The van der Waals surface area contributed by atoms with Gasteiger partial charge in [0.1, 0.15) is 0 Å². The molecule has 5 nitrogen and oxygen atoms in total. The van der Waals surface area contributed by atoms with E-state index >= 15 is 0 Å². The summed E-state index contributed by atoms with van der Waals surface area (Å²) in [5, 5.41) is 3.43. The zero-order valence-electron chi connectivity index (χ0n) is 16.4. The molecule has 0 spiro atoms. The number of benzene rings is 2. The molecule has 9 heteroatoms. The molecule has 0 atom stereocenters. The third kappa shape index (κ3) is 4.73. The van der Waals surface area contributed by atoms with Crippen molar-refractivity contribution in [2.45, 2.75) is 13.1 Å². The number of carbonyl (C=O) groups excluding carboxylic acids is 1. The van der Waals surface area contributed by atoms with Gasteiger partial charge in [0, 0.05) is 31.9 Å². The first-order chi connectivity index (χ1) is 14.3. The number of anilines is 2. The van der Waals surface area contributed by atoms with Crippen LogP contribution in [0, 0.1) is 6.92 Å². The second-order valence-corrected chi connectivity index (χ2v) is 8.38. The Morgan fingerprint density at radius 1 is 1.13 bits per heavy atom. The lowest BCUT2D eigenvalue weighted by Crippen LogP contribution is -2.48. The Labute approximate surface area is 176 Å². The van der Waals surface area contributed by atoms with Crippen LogP contribution in [-0.4, -0.2) is 48.5 Å². The fraction of sp³-hybridized carbons (Fsp3) is 0.333. The minimum absolute atomic E-state index is 0.140. The highest BCUT2D eigenvalue weighted by Gasteiger charge is 2.31. The Kier molecular flexibility index (Phi) is 5.66. The molecule has 1 aliphatic heterocycles. The van der Waals surface area contributed by atoms with E-state index in [0.29, 0.717) is 37.0 Å². The molecule has 0 bridgehead atoms. The van der Waals surface area contributed by atoms with E-state index in [4.69, 9.17) is 0 Å². The summed E-state index contributed by atoms with van der Waals surface area (Å²) in [7, 11) is 0. The van der Waals surface area contributed by atoms with E-state index in [2.05, 4.69) is 10.3 Å². The fourth-order valence-corrected chi connectivity index (χ4v) is 4.47. The van der Waals surface area contributed by atoms with Gasteiger partial charge < -0.3 is 10.2 Å². The normalized spacial score (nSPS) is 15.5. The van der Waals surface area contributed by atoms with E-state index in [0.717, 1.165) is 21.8 Å². The first-order valence-corrected chi connectivity index (χ1v) is 10.4. The number of aromatic nitrogens is 1. The van der Waals surface area contributed by atoms with Crippen LogP contribution in [0.3, 0.4) is 0 Å². The number of thiazole rings is 1. The number of aryl methyl sites for hydroxylation is 1. The van der Waals surface area contributed by atoms with E-state index in [9.17, 15) is 18.0 Å². The smallest absolute Gasteiger partial charge is 0.369 e. The fourth-order valence-electron chi connectivity index (χ4n) is 3.49. The van der Waals surface area contributed by atoms with Crippen molar-refractivity contribution in [2.75, 3.05) is 42.9 Å². The molecule has 0 unspecified atom stereocenters. The molecule has 1 saturated heterocycles. The predicted octanol–water partition coefficient (Wildman–Crippen LogP) is 4.38. The molecule has 3 aromatic rings. The van der Waals surface area contributed by atoms with Crippen LogP contribution in [0.15, 0.2) is 42.5 Å². The minimum Gasteiger partial charge on any atom is -0.369 e. The third-order valence-electron chi connectivity index (χ3n) is 5.07. The highest BCUT2D eigenvalue weighted by atomic mass is 32.1. The average molecular weight is 434 g/mol. The van der Waals surface area contributed by atoms with Crippen LogP contribution in [0.4, 0.5) is 24.0 Å². The van der Waals surface area contributed by atoms with E-state index in [1.165, 1.54) is 23.5 Å². The average Bonchev–Trinajstić information content (AvgIpc) is 3.09. The summed E-state index contributed by atoms with van der Waals surface area (Å²) in [4.78, 5) is 20.8. The lowest BCUT2D eigenvalue weighted by molar-refractivity contribution is -0.137. The molecule has 2 heterocycles. The molecular formula is C21H21F3N4OS. The molecule has 1 fully saturated rings. The maximum absolute atomic E-state index is 12.9. The first kappa shape index (κ1) is 20.6. The summed E-state index contributed by atoms with van der Waals surface area (Å²) >= 11 is 1.44. The number of halogens is 3. The molecule has 0 aliphatic carbocycles. The molecule has 158 valence electrons. The number of carbonyl (C=O) groups is 1. The predicted molar refractivity (Wildman–Crippen MR) is 113 cm³/mol. The van der Waals surface area contributed by atoms with Gasteiger partial charge in [0.15, 0.2) is 5.13 Å². The first-order valence-electron chi connectivity index (χ1n) is 9.59. The monoisotopic (exact) mass is 434 g/mol. The number of piperazine rings is 1. The van der Waals surface area contributed by atoms with Gasteiger partial charge in [-0.15, -0.1) is 0 Å². The standard InChI is InChI=1S/C21H21F3N4OS/c1-14-5-6-17-18(11-14)30-20(25-17)26-19(29)13-27-7-9-28(10-8-27)16-4-2-3-15(12-16)21(22,23)24/h2-6,11-12H,7-10,13H2,1H3,(H,25,26,29). The van der Waals surface area contributed by atoms with Crippen LogP contribution < -0.4 is 10.2 Å². The van der Waals surface area contributed by atoms with Gasteiger partial charge in [0.05, 0.1) is 22.3 Å². The minimum atomic E-state index is -4.35. The molecule has 1 N–H and O–H groups in total. The van der Waals surface area contributed by atoms with Crippen LogP contribution >= 0.6 is 11.3 Å². The third-order valence-corrected chi connectivity index (χ3v) is 6.00. The van der Waals surface area contributed by atoms with Crippen LogP contribution in [0.2, 0.25) is 0 Å². The van der Waals surface area contributed by atoms with E-state index in [-0.39, 0.29) is 12.5 Å². The molecule has 1 aromatic heterocycles. The van der Waals surface area contributed by atoms with Crippen molar-refractivity contribution in [3.63, 3.8) is 0 Å². The van der Waals surface area contributed by atoms with Crippen molar-refractivity contribution in [2.24, 2.45) is 0 Å². The highest BCUT2D eigenvalue weighted by Crippen LogP contribution is 2.32. The van der Waals surface area contributed by atoms with E-state index in [1.54, 1.807) is 6.07 Å². The van der Waals surface area contributed by atoms with Crippen LogP contribution in [0.25, 0.3) is 10.2 Å². The largest absolute Gasteiger partial charge is 0.416 e. The number of nitrogens with one attached hydrogen (secondary N) is 1. The van der Waals surface area contributed by atoms with Crippen LogP contribution in [-0.2, 0) is 11.0 Å². The number of nitrogens with zero attached hydrogens (tertiary/aromatic N) is 3. The molecule has 30 heavy (non-hydrogen) atoms. The van der Waals surface area contributed by atoms with Crippen molar-refractivity contribution >= 4 is 38.3 Å². The molecule has 0 saturated carbocycles. The quantitative estimate of drug-likeness (QED) is 0.662. The maximum Gasteiger partial charge on any atom is 0.416 e. The number of fused-ring (bicyclic) bond motifs is 1. The van der Waals surface area contributed by atoms with Gasteiger partial charge in [-0.3, -0.25) is 9.69 Å². The van der Waals surface area contributed by atoms with Crippen LogP contribution in [0.5, 0.6) is 0 Å². The lowest BCUT2D eigenvalue weighted by atomic mass is 10.1. The Morgan fingerprint density at radius 2 is 1.90 bits per heavy atom. The maximum atomic E-state index is 12.9. The van der Waals surface area contributed by atoms with Crippen molar-refractivity contribution < 1.29 is 18.0 Å². The van der Waals surface area contributed by atoms with E-state index in [1.807, 2.05) is 34.9 Å². The summed E-state index contributed by atoms with van der Waals surface area (Å²) in [5.74, 6) is -0.140.